The van der Waals surface area contributed by atoms with E-state index in [1.165, 1.54) is 5.56 Å². The van der Waals surface area contributed by atoms with E-state index in [1.807, 2.05) is 43.4 Å². The van der Waals surface area contributed by atoms with Gasteiger partial charge in [0, 0.05) is 7.05 Å². The molecule has 20 heavy (non-hydrogen) atoms. The first-order chi connectivity index (χ1) is 9.75. The fourth-order valence-corrected chi connectivity index (χ4v) is 2.69. The van der Waals surface area contributed by atoms with Crippen LogP contribution in [0.4, 0.5) is 0 Å². The highest BCUT2D eigenvalue weighted by Crippen LogP contribution is 2.31. The van der Waals surface area contributed by atoms with Crippen molar-refractivity contribution in [3.63, 3.8) is 0 Å². The normalized spacial score (nSPS) is 18.5. The second kappa shape index (κ2) is 5.63. The number of allylic oxidation sites excluding steroid dienone is 1. The first-order valence-electron chi connectivity index (χ1n) is 6.54. The van der Waals surface area contributed by atoms with Crippen molar-refractivity contribution in [1.29, 1.82) is 0 Å². The maximum atomic E-state index is 4.89. The number of halogens is 1. The van der Waals surface area contributed by atoms with Crippen molar-refractivity contribution >= 4 is 21.6 Å². The number of nitrogens with zero attached hydrogens (tertiary/aromatic N) is 2. The molecule has 100 valence electrons. The van der Waals surface area contributed by atoms with E-state index in [2.05, 4.69) is 51.2 Å². The lowest BCUT2D eigenvalue weighted by atomic mass is 10.1. The highest BCUT2D eigenvalue weighted by Gasteiger charge is 2.22. The van der Waals surface area contributed by atoms with Crippen LogP contribution >= 0.6 is 15.9 Å². The Kier molecular flexibility index (Phi) is 3.70. The minimum Gasteiger partial charge on any atom is -0.343 e. The molecule has 1 aliphatic rings. The Labute approximate surface area is 127 Å². The van der Waals surface area contributed by atoms with Crippen molar-refractivity contribution in [3.05, 3.63) is 82.5 Å². The Hall–Kier alpha value is -1.87. The predicted molar refractivity (Wildman–Crippen MR) is 86.9 cm³/mol. The molecule has 1 atom stereocenters. The molecule has 0 saturated heterocycles. The first kappa shape index (κ1) is 13.1. The van der Waals surface area contributed by atoms with Crippen LogP contribution in [-0.2, 0) is 0 Å². The summed E-state index contributed by atoms with van der Waals surface area (Å²) in [7, 11) is 2.05. The Bertz CT molecular complexity index is 647. The number of benzene rings is 2. The largest absolute Gasteiger partial charge is 0.343 e. The van der Waals surface area contributed by atoms with Gasteiger partial charge in [0.25, 0.3) is 0 Å². The summed E-state index contributed by atoms with van der Waals surface area (Å²) in [4.78, 5) is 7.02. The van der Waals surface area contributed by atoms with Gasteiger partial charge in [0.1, 0.15) is 6.17 Å². The third-order valence-electron chi connectivity index (χ3n) is 3.39. The Balaban J connectivity index is 2.03. The average molecular weight is 327 g/mol. The zero-order valence-corrected chi connectivity index (χ0v) is 12.8. The molecule has 0 fully saturated rings. The minimum absolute atomic E-state index is 0.00535. The van der Waals surface area contributed by atoms with Crippen LogP contribution in [0, 0.1) is 0 Å². The van der Waals surface area contributed by atoms with Gasteiger partial charge in [-0.05, 0) is 33.1 Å². The molecule has 1 aliphatic heterocycles. The molecule has 1 unspecified atom stereocenters. The van der Waals surface area contributed by atoms with Crippen LogP contribution in [0.1, 0.15) is 17.3 Å². The molecular weight excluding hydrogens is 312 g/mol. The third kappa shape index (κ3) is 2.54. The highest BCUT2D eigenvalue weighted by molar-refractivity contribution is 9.11. The zero-order valence-electron chi connectivity index (χ0n) is 11.2. The van der Waals surface area contributed by atoms with Crippen LogP contribution in [0.15, 0.2) is 76.3 Å². The maximum absolute atomic E-state index is 4.89. The molecule has 0 spiro atoms. The Morgan fingerprint density at radius 2 is 1.55 bits per heavy atom. The molecule has 0 bridgehead atoms. The number of rotatable bonds is 2. The molecule has 0 N–H and O–H groups in total. The topological polar surface area (TPSA) is 15.6 Å². The quantitative estimate of drug-likeness (QED) is 0.749. The van der Waals surface area contributed by atoms with Gasteiger partial charge in [-0.25, -0.2) is 0 Å². The molecule has 1 heterocycles. The SMILES string of the molecule is CN1C(Br)=CC(c2ccccc2)=NC1c1ccccc1. The van der Waals surface area contributed by atoms with E-state index in [9.17, 15) is 0 Å². The predicted octanol–water partition coefficient (Wildman–Crippen LogP) is 4.36. The summed E-state index contributed by atoms with van der Waals surface area (Å²) in [6, 6.07) is 20.6. The van der Waals surface area contributed by atoms with Crippen LogP contribution in [0.2, 0.25) is 0 Å². The average Bonchev–Trinajstić information content (AvgIpc) is 2.51. The second-order valence-corrected chi connectivity index (χ2v) is 5.56. The van der Waals surface area contributed by atoms with Gasteiger partial charge in [-0.1, -0.05) is 60.7 Å². The second-order valence-electron chi connectivity index (χ2n) is 4.74. The molecule has 3 rings (SSSR count). The van der Waals surface area contributed by atoms with E-state index < -0.39 is 0 Å². The monoisotopic (exact) mass is 326 g/mol. The molecule has 0 aliphatic carbocycles. The fraction of sp³-hybridized carbons (Fsp3) is 0.118. The van der Waals surface area contributed by atoms with Crippen molar-refractivity contribution in [3.8, 4) is 0 Å². The van der Waals surface area contributed by atoms with Crippen LogP contribution in [0.3, 0.4) is 0 Å². The molecule has 3 heteroatoms. The van der Waals surface area contributed by atoms with Gasteiger partial charge in [-0.3, -0.25) is 4.99 Å². The van der Waals surface area contributed by atoms with E-state index in [4.69, 9.17) is 4.99 Å². The van der Waals surface area contributed by atoms with Crippen LogP contribution in [0.5, 0.6) is 0 Å². The Morgan fingerprint density at radius 3 is 2.20 bits per heavy atom. The van der Waals surface area contributed by atoms with E-state index in [0.29, 0.717) is 0 Å². The minimum atomic E-state index is 0.00535. The molecule has 2 aromatic carbocycles. The molecule has 0 aromatic heterocycles. The standard InChI is InChI=1S/C17H15BrN2/c1-20-16(18)12-15(13-8-4-2-5-9-13)19-17(20)14-10-6-3-7-11-14/h2-12,17H,1H3. The van der Waals surface area contributed by atoms with Crippen molar-refractivity contribution in [2.45, 2.75) is 6.17 Å². The van der Waals surface area contributed by atoms with E-state index in [1.54, 1.807) is 0 Å². The summed E-state index contributed by atoms with van der Waals surface area (Å²) >= 11 is 3.64. The van der Waals surface area contributed by atoms with Crippen LogP contribution in [-0.4, -0.2) is 17.7 Å². The van der Waals surface area contributed by atoms with Crippen LogP contribution < -0.4 is 0 Å². The van der Waals surface area contributed by atoms with Gasteiger partial charge in [0.2, 0.25) is 0 Å². The van der Waals surface area contributed by atoms with Gasteiger partial charge in [0.05, 0.1) is 10.3 Å². The first-order valence-corrected chi connectivity index (χ1v) is 7.33. The van der Waals surface area contributed by atoms with Crippen molar-refractivity contribution < 1.29 is 0 Å². The molecule has 2 aromatic rings. The summed E-state index contributed by atoms with van der Waals surface area (Å²) < 4.78 is 1.04. The number of hydrogen-bond acceptors (Lipinski definition) is 2. The molecule has 0 amide bonds. The van der Waals surface area contributed by atoms with E-state index >= 15 is 0 Å². The maximum Gasteiger partial charge on any atom is 0.147 e. The van der Waals surface area contributed by atoms with Crippen molar-refractivity contribution in [2.75, 3.05) is 7.05 Å². The van der Waals surface area contributed by atoms with Crippen molar-refractivity contribution in [1.82, 2.24) is 4.90 Å². The summed E-state index contributed by atoms with van der Waals surface area (Å²) in [5, 5.41) is 0. The van der Waals surface area contributed by atoms with Gasteiger partial charge in [0.15, 0.2) is 0 Å². The summed E-state index contributed by atoms with van der Waals surface area (Å²) in [6.45, 7) is 0. The van der Waals surface area contributed by atoms with Gasteiger partial charge in [-0.15, -0.1) is 0 Å². The lowest BCUT2D eigenvalue weighted by Crippen LogP contribution is -2.25. The smallest absolute Gasteiger partial charge is 0.147 e. The summed E-state index contributed by atoms with van der Waals surface area (Å²) in [5.74, 6) is 0. The number of aliphatic imine (C=N–C) groups is 1. The van der Waals surface area contributed by atoms with Crippen molar-refractivity contribution in [2.24, 2.45) is 4.99 Å². The van der Waals surface area contributed by atoms with Crippen LogP contribution in [0.25, 0.3) is 0 Å². The molecule has 0 radical (unpaired) electrons. The molecular formula is C17H15BrN2. The highest BCUT2D eigenvalue weighted by atomic mass is 79.9. The van der Waals surface area contributed by atoms with E-state index in [-0.39, 0.29) is 6.17 Å². The molecule has 0 saturated carbocycles. The summed E-state index contributed by atoms with van der Waals surface area (Å²) in [6.07, 6.45) is 2.07. The third-order valence-corrected chi connectivity index (χ3v) is 4.18. The fourth-order valence-electron chi connectivity index (χ4n) is 2.28. The van der Waals surface area contributed by atoms with Gasteiger partial charge in [-0.2, -0.15) is 0 Å². The lowest BCUT2D eigenvalue weighted by molar-refractivity contribution is 0.337. The Morgan fingerprint density at radius 1 is 0.950 bits per heavy atom. The summed E-state index contributed by atoms with van der Waals surface area (Å²) in [5.41, 5.74) is 3.33. The molecule has 2 nitrogen and oxygen atoms in total. The van der Waals surface area contributed by atoms with Gasteiger partial charge < -0.3 is 4.90 Å². The van der Waals surface area contributed by atoms with E-state index in [0.717, 1.165) is 15.9 Å². The number of hydrogen-bond donors (Lipinski definition) is 0. The zero-order chi connectivity index (χ0) is 13.9. The van der Waals surface area contributed by atoms with Gasteiger partial charge >= 0.3 is 0 Å². The lowest BCUT2D eigenvalue weighted by Gasteiger charge is -2.31.